The van der Waals surface area contributed by atoms with E-state index in [1.54, 1.807) is 55.2 Å². The number of hydrogen-bond acceptors (Lipinski definition) is 7. The summed E-state index contributed by atoms with van der Waals surface area (Å²) in [5, 5.41) is 4.68. The molecule has 4 rings (SSSR count). The average molecular weight is 488 g/mol. The minimum absolute atomic E-state index is 0.133. The quantitative estimate of drug-likeness (QED) is 0.519. The molecule has 0 radical (unpaired) electrons. The summed E-state index contributed by atoms with van der Waals surface area (Å²) in [4.78, 5) is 16.9. The van der Waals surface area contributed by atoms with Gasteiger partial charge in [0.05, 0.1) is 7.11 Å². The maximum absolute atomic E-state index is 12.8. The van der Waals surface area contributed by atoms with Crippen LogP contribution in [0.1, 0.15) is 18.4 Å². The summed E-state index contributed by atoms with van der Waals surface area (Å²) in [6.07, 6.45) is 4.36. The molecule has 0 saturated carbocycles. The van der Waals surface area contributed by atoms with Crippen LogP contribution in [0.25, 0.3) is 0 Å². The van der Waals surface area contributed by atoms with Crippen LogP contribution in [-0.4, -0.2) is 43.8 Å². The van der Waals surface area contributed by atoms with Crippen molar-refractivity contribution in [2.45, 2.75) is 23.7 Å². The number of anilines is 1. The fourth-order valence-corrected chi connectivity index (χ4v) is 6.27. The van der Waals surface area contributed by atoms with E-state index in [0.717, 1.165) is 5.56 Å². The maximum Gasteiger partial charge on any atom is 0.252 e. The fraction of sp³-hybridized carbons (Fsp3) is 0.304. The summed E-state index contributed by atoms with van der Waals surface area (Å²) in [6, 6.07) is 12.3. The Morgan fingerprint density at radius 3 is 2.67 bits per heavy atom. The van der Waals surface area contributed by atoms with Gasteiger partial charge in [-0.15, -0.1) is 11.3 Å². The topological polar surface area (TPSA) is 97.8 Å². The molecule has 0 atom stereocenters. The van der Waals surface area contributed by atoms with Gasteiger partial charge in [-0.3, -0.25) is 9.78 Å². The molecule has 1 aliphatic heterocycles. The lowest BCUT2D eigenvalue weighted by atomic mass is 9.97. The second-order valence-corrected chi connectivity index (χ2v) is 10.7. The molecule has 1 amide bonds. The molecule has 3 heterocycles. The van der Waals surface area contributed by atoms with Crippen molar-refractivity contribution in [3.8, 4) is 11.5 Å². The van der Waals surface area contributed by atoms with Crippen molar-refractivity contribution in [1.82, 2.24) is 9.29 Å². The van der Waals surface area contributed by atoms with Gasteiger partial charge in [0.1, 0.15) is 10.8 Å². The van der Waals surface area contributed by atoms with E-state index in [9.17, 15) is 13.2 Å². The Bertz CT molecular complexity index is 1180. The van der Waals surface area contributed by atoms with Crippen LogP contribution in [0.4, 0.5) is 5.69 Å². The number of hydrogen-bond donors (Lipinski definition) is 1. The molecule has 3 aromatic rings. The standard InChI is InChI=1S/C23H25N3O5S2/c1-30-20-7-6-19(14-21(20)31-16-17-4-2-10-24-15-17)25-23(27)18-8-11-26(12-9-18)33(28,29)22-5-3-13-32-22/h2-7,10,13-15,18H,8-9,11-12,16H2,1H3,(H,25,27). The molecule has 1 aliphatic rings. The molecule has 8 nitrogen and oxygen atoms in total. The zero-order valence-electron chi connectivity index (χ0n) is 18.1. The average Bonchev–Trinajstić information content (AvgIpc) is 3.40. The molecule has 0 unspecified atom stereocenters. The number of rotatable bonds is 8. The van der Waals surface area contributed by atoms with Crippen LogP contribution in [-0.2, 0) is 21.4 Å². The van der Waals surface area contributed by atoms with Gasteiger partial charge in [0.25, 0.3) is 10.0 Å². The number of sulfonamides is 1. The molecule has 1 N–H and O–H groups in total. The van der Waals surface area contributed by atoms with Crippen LogP contribution >= 0.6 is 11.3 Å². The Labute approximate surface area is 197 Å². The zero-order valence-corrected chi connectivity index (χ0v) is 19.8. The highest BCUT2D eigenvalue weighted by Crippen LogP contribution is 2.32. The van der Waals surface area contributed by atoms with Crippen LogP contribution in [0.2, 0.25) is 0 Å². The van der Waals surface area contributed by atoms with Crippen molar-refractivity contribution in [3.05, 3.63) is 65.8 Å². The molecule has 0 aliphatic carbocycles. The zero-order chi connectivity index (χ0) is 23.3. The first-order valence-electron chi connectivity index (χ1n) is 10.5. The number of thiophene rings is 1. The molecule has 174 valence electrons. The number of aromatic nitrogens is 1. The summed E-state index contributed by atoms with van der Waals surface area (Å²) >= 11 is 1.20. The van der Waals surface area contributed by atoms with E-state index < -0.39 is 10.0 Å². The summed E-state index contributed by atoms with van der Waals surface area (Å²) < 4.78 is 38.4. The molecule has 33 heavy (non-hydrogen) atoms. The Morgan fingerprint density at radius 2 is 2.00 bits per heavy atom. The Balaban J connectivity index is 1.36. The minimum Gasteiger partial charge on any atom is -0.493 e. The van der Waals surface area contributed by atoms with Crippen molar-refractivity contribution >= 4 is 33.0 Å². The van der Waals surface area contributed by atoms with Crippen molar-refractivity contribution in [1.29, 1.82) is 0 Å². The number of benzene rings is 1. The highest BCUT2D eigenvalue weighted by Gasteiger charge is 2.32. The third kappa shape index (κ3) is 5.52. The molecule has 2 aromatic heterocycles. The highest BCUT2D eigenvalue weighted by molar-refractivity contribution is 7.91. The van der Waals surface area contributed by atoms with Crippen molar-refractivity contribution in [2.75, 3.05) is 25.5 Å². The summed E-state index contributed by atoms with van der Waals surface area (Å²) in [6.45, 7) is 0.958. The van der Waals surface area contributed by atoms with Gasteiger partial charge in [0.15, 0.2) is 11.5 Å². The van der Waals surface area contributed by atoms with Gasteiger partial charge in [-0.2, -0.15) is 4.31 Å². The monoisotopic (exact) mass is 487 g/mol. The largest absolute Gasteiger partial charge is 0.493 e. The molecule has 1 saturated heterocycles. The third-order valence-corrected chi connectivity index (χ3v) is 8.73. The van der Waals surface area contributed by atoms with Crippen LogP contribution in [0.15, 0.2) is 64.4 Å². The van der Waals surface area contributed by atoms with E-state index in [1.165, 1.54) is 15.6 Å². The number of pyridine rings is 1. The first-order valence-corrected chi connectivity index (χ1v) is 12.8. The number of carbonyl (C=O) groups is 1. The molecule has 10 heteroatoms. The second-order valence-electron chi connectivity index (χ2n) is 7.62. The SMILES string of the molecule is COc1ccc(NC(=O)C2CCN(S(=O)(=O)c3cccs3)CC2)cc1OCc1cccnc1. The number of nitrogens with zero attached hydrogens (tertiary/aromatic N) is 2. The molecule has 1 aromatic carbocycles. The van der Waals surface area contributed by atoms with E-state index in [0.29, 0.717) is 53.9 Å². The normalized spacial score (nSPS) is 15.2. The Hall–Kier alpha value is -2.95. The number of methoxy groups -OCH3 is 1. The molecular formula is C23H25N3O5S2. The van der Waals surface area contributed by atoms with Gasteiger partial charge in [-0.1, -0.05) is 12.1 Å². The van der Waals surface area contributed by atoms with Crippen LogP contribution in [0, 0.1) is 5.92 Å². The highest BCUT2D eigenvalue weighted by atomic mass is 32.2. The minimum atomic E-state index is -3.48. The second kappa shape index (κ2) is 10.3. The lowest BCUT2D eigenvalue weighted by Crippen LogP contribution is -2.41. The van der Waals surface area contributed by atoms with Crippen molar-refractivity contribution < 1.29 is 22.7 Å². The van der Waals surface area contributed by atoms with Crippen LogP contribution in [0.3, 0.4) is 0 Å². The summed E-state index contributed by atoms with van der Waals surface area (Å²) in [5.74, 6) is 0.674. The molecule has 0 spiro atoms. The number of piperidine rings is 1. The van der Waals surface area contributed by atoms with E-state index in [2.05, 4.69) is 10.3 Å². The molecule has 1 fully saturated rings. The van der Waals surface area contributed by atoms with E-state index in [-0.39, 0.29) is 11.8 Å². The van der Waals surface area contributed by atoms with Crippen LogP contribution in [0.5, 0.6) is 11.5 Å². The van der Waals surface area contributed by atoms with Gasteiger partial charge >= 0.3 is 0 Å². The molecular weight excluding hydrogens is 462 g/mol. The smallest absolute Gasteiger partial charge is 0.252 e. The summed E-state index contributed by atoms with van der Waals surface area (Å²) in [5.41, 5.74) is 1.51. The van der Waals surface area contributed by atoms with Gasteiger partial charge in [-0.05, 0) is 42.5 Å². The first-order chi connectivity index (χ1) is 16.0. The predicted molar refractivity (Wildman–Crippen MR) is 126 cm³/mol. The third-order valence-electron chi connectivity index (χ3n) is 5.46. The van der Waals surface area contributed by atoms with Gasteiger partial charge < -0.3 is 14.8 Å². The van der Waals surface area contributed by atoms with E-state index in [1.807, 2.05) is 12.1 Å². The Morgan fingerprint density at radius 1 is 1.18 bits per heavy atom. The number of amides is 1. The van der Waals surface area contributed by atoms with E-state index in [4.69, 9.17) is 9.47 Å². The number of ether oxygens (including phenoxy) is 2. The van der Waals surface area contributed by atoms with Crippen molar-refractivity contribution in [3.63, 3.8) is 0 Å². The Kier molecular flexibility index (Phi) is 7.26. The predicted octanol–water partition coefficient (Wildman–Crippen LogP) is 3.77. The number of nitrogens with one attached hydrogen (secondary N) is 1. The van der Waals surface area contributed by atoms with Gasteiger partial charge in [0, 0.05) is 48.7 Å². The van der Waals surface area contributed by atoms with Gasteiger partial charge in [0.2, 0.25) is 5.91 Å². The lowest BCUT2D eigenvalue weighted by molar-refractivity contribution is -0.120. The lowest BCUT2D eigenvalue weighted by Gasteiger charge is -2.30. The van der Waals surface area contributed by atoms with E-state index >= 15 is 0 Å². The fourth-order valence-electron chi connectivity index (χ4n) is 3.65. The van der Waals surface area contributed by atoms with Gasteiger partial charge in [-0.25, -0.2) is 8.42 Å². The number of carbonyl (C=O) groups excluding carboxylic acids is 1. The van der Waals surface area contributed by atoms with Crippen molar-refractivity contribution in [2.24, 2.45) is 5.92 Å². The maximum atomic E-state index is 12.8. The van der Waals surface area contributed by atoms with Crippen LogP contribution < -0.4 is 14.8 Å². The molecule has 0 bridgehead atoms. The summed E-state index contributed by atoms with van der Waals surface area (Å²) in [7, 11) is -1.93. The first kappa shape index (κ1) is 23.2.